The quantitative estimate of drug-likeness (QED) is 0.867. The Balaban J connectivity index is 2.85. The van der Waals surface area contributed by atoms with Crippen molar-refractivity contribution >= 4 is 21.7 Å². The smallest absolute Gasteiger partial charge is 0.307 e. The molecule has 2 N–H and O–H groups in total. The molecule has 19 heavy (non-hydrogen) atoms. The Kier molecular flexibility index (Phi) is 4.57. The lowest BCUT2D eigenvalue weighted by molar-refractivity contribution is -0.136. The Morgan fingerprint density at radius 3 is 2.47 bits per heavy atom. The van der Waals surface area contributed by atoms with Gasteiger partial charge in [0, 0.05) is 5.69 Å². The van der Waals surface area contributed by atoms with E-state index in [-0.39, 0.29) is 17.6 Å². The van der Waals surface area contributed by atoms with Crippen LogP contribution in [0.15, 0.2) is 24.3 Å². The van der Waals surface area contributed by atoms with Crippen LogP contribution in [-0.2, 0) is 21.2 Å². The number of carbonyl (C=O) groups is 1. The molecule has 0 saturated carbocycles. The number of anilines is 1. The fourth-order valence-corrected chi connectivity index (χ4v) is 3.40. The second-order valence-electron chi connectivity index (χ2n) is 5.69. The maximum Gasteiger partial charge on any atom is 0.307 e. The maximum absolute atomic E-state index is 11.9. The molecule has 0 unspecified atom stereocenters. The second kappa shape index (κ2) is 5.61. The number of rotatable bonds is 5. The minimum Gasteiger partial charge on any atom is -0.481 e. The summed E-state index contributed by atoms with van der Waals surface area (Å²) in [5.74, 6) is -0.946. The molecular weight excluding hydrogens is 266 g/mol. The van der Waals surface area contributed by atoms with Crippen LogP contribution in [0.5, 0.6) is 0 Å². The Morgan fingerprint density at radius 1 is 1.32 bits per heavy atom. The molecule has 5 nitrogen and oxygen atoms in total. The first-order valence-corrected chi connectivity index (χ1v) is 7.54. The van der Waals surface area contributed by atoms with Crippen molar-refractivity contribution in [3.8, 4) is 0 Å². The van der Waals surface area contributed by atoms with Crippen LogP contribution < -0.4 is 4.72 Å². The van der Waals surface area contributed by atoms with Crippen LogP contribution >= 0.6 is 0 Å². The summed E-state index contributed by atoms with van der Waals surface area (Å²) in [5, 5.41) is 8.70. The number of hydrogen-bond acceptors (Lipinski definition) is 3. The monoisotopic (exact) mass is 285 g/mol. The predicted molar refractivity (Wildman–Crippen MR) is 74.6 cm³/mol. The van der Waals surface area contributed by atoms with Gasteiger partial charge in [0.05, 0.1) is 12.2 Å². The van der Waals surface area contributed by atoms with Crippen molar-refractivity contribution < 1.29 is 18.3 Å². The number of benzene rings is 1. The SMILES string of the molecule is CC(C)(C)CS(=O)(=O)Nc1cccc(CC(=O)O)c1. The molecule has 0 fully saturated rings. The summed E-state index contributed by atoms with van der Waals surface area (Å²) < 4.78 is 26.3. The number of carboxylic acid groups (broad SMARTS) is 1. The molecule has 0 aliphatic rings. The van der Waals surface area contributed by atoms with Crippen molar-refractivity contribution in [2.75, 3.05) is 10.5 Å². The predicted octanol–water partition coefficient (Wildman–Crippen LogP) is 2.10. The third-order valence-corrected chi connectivity index (χ3v) is 3.97. The fourth-order valence-electron chi connectivity index (χ4n) is 1.71. The third kappa shape index (κ3) is 6.24. The highest BCUT2D eigenvalue weighted by molar-refractivity contribution is 7.92. The van der Waals surface area contributed by atoms with E-state index in [9.17, 15) is 13.2 Å². The van der Waals surface area contributed by atoms with E-state index >= 15 is 0 Å². The lowest BCUT2D eigenvalue weighted by Gasteiger charge is -2.18. The van der Waals surface area contributed by atoms with Crippen LogP contribution in [0.2, 0.25) is 0 Å². The highest BCUT2D eigenvalue weighted by Crippen LogP contribution is 2.19. The summed E-state index contributed by atoms with van der Waals surface area (Å²) in [6, 6.07) is 6.42. The number of hydrogen-bond donors (Lipinski definition) is 2. The van der Waals surface area contributed by atoms with E-state index in [1.54, 1.807) is 18.2 Å². The average molecular weight is 285 g/mol. The van der Waals surface area contributed by atoms with Gasteiger partial charge < -0.3 is 5.11 Å². The molecule has 0 aromatic heterocycles. The maximum atomic E-state index is 11.9. The van der Waals surface area contributed by atoms with Crippen LogP contribution in [-0.4, -0.2) is 25.2 Å². The largest absolute Gasteiger partial charge is 0.481 e. The molecule has 0 radical (unpaired) electrons. The molecule has 0 amide bonds. The molecule has 0 aliphatic heterocycles. The van der Waals surface area contributed by atoms with Crippen LogP contribution in [0.4, 0.5) is 5.69 Å². The van der Waals surface area contributed by atoms with Crippen LogP contribution in [0.25, 0.3) is 0 Å². The Hall–Kier alpha value is -1.56. The van der Waals surface area contributed by atoms with Crippen molar-refractivity contribution in [2.24, 2.45) is 5.41 Å². The minimum atomic E-state index is -3.43. The first-order valence-electron chi connectivity index (χ1n) is 5.89. The summed E-state index contributed by atoms with van der Waals surface area (Å²) >= 11 is 0. The number of sulfonamides is 1. The highest BCUT2D eigenvalue weighted by atomic mass is 32.2. The fraction of sp³-hybridized carbons (Fsp3) is 0.462. The van der Waals surface area contributed by atoms with Crippen molar-refractivity contribution in [3.63, 3.8) is 0 Å². The lowest BCUT2D eigenvalue weighted by Crippen LogP contribution is -2.26. The van der Waals surface area contributed by atoms with Gasteiger partial charge in [0.2, 0.25) is 10.0 Å². The van der Waals surface area contributed by atoms with Crippen molar-refractivity contribution in [3.05, 3.63) is 29.8 Å². The first kappa shape index (κ1) is 15.5. The Bertz CT molecular complexity index is 558. The van der Waals surface area contributed by atoms with E-state index in [0.29, 0.717) is 11.3 Å². The summed E-state index contributed by atoms with van der Waals surface area (Å²) in [4.78, 5) is 10.6. The molecule has 1 aromatic rings. The zero-order valence-electron chi connectivity index (χ0n) is 11.3. The standard InChI is InChI=1S/C13H19NO4S/c1-13(2,3)9-19(17,18)14-11-6-4-5-10(7-11)8-12(15)16/h4-7,14H,8-9H2,1-3H3,(H,15,16). The van der Waals surface area contributed by atoms with Crippen LogP contribution in [0.3, 0.4) is 0 Å². The van der Waals surface area contributed by atoms with Gasteiger partial charge in [0.15, 0.2) is 0 Å². The van der Waals surface area contributed by atoms with Gasteiger partial charge in [-0.15, -0.1) is 0 Å². The summed E-state index contributed by atoms with van der Waals surface area (Å²) in [5.41, 5.74) is 0.608. The minimum absolute atomic E-state index is 0.00313. The van der Waals surface area contributed by atoms with Crippen LogP contribution in [0, 0.1) is 5.41 Å². The molecule has 0 heterocycles. The van der Waals surface area contributed by atoms with Crippen LogP contribution in [0.1, 0.15) is 26.3 Å². The normalized spacial score (nSPS) is 12.2. The van der Waals surface area contributed by atoms with Gasteiger partial charge in [0.25, 0.3) is 0 Å². The molecule has 0 bridgehead atoms. The molecule has 0 aliphatic carbocycles. The number of aliphatic carboxylic acids is 1. The average Bonchev–Trinajstić information content (AvgIpc) is 2.11. The van der Waals surface area contributed by atoms with E-state index in [4.69, 9.17) is 5.11 Å². The van der Waals surface area contributed by atoms with Gasteiger partial charge in [0.1, 0.15) is 0 Å². The Morgan fingerprint density at radius 2 is 1.95 bits per heavy atom. The lowest BCUT2D eigenvalue weighted by atomic mass is 10.0. The van der Waals surface area contributed by atoms with Gasteiger partial charge in [-0.2, -0.15) is 0 Å². The summed E-state index contributed by atoms with van der Waals surface area (Å²) in [7, 11) is -3.43. The third-order valence-electron chi connectivity index (χ3n) is 2.18. The summed E-state index contributed by atoms with van der Waals surface area (Å²) in [6.45, 7) is 5.52. The van der Waals surface area contributed by atoms with Gasteiger partial charge >= 0.3 is 5.97 Å². The Labute approximate surface area is 113 Å². The first-order chi connectivity index (χ1) is 8.57. The molecule has 106 valence electrons. The highest BCUT2D eigenvalue weighted by Gasteiger charge is 2.21. The molecule has 6 heteroatoms. The van der Waals surface area contributed by atoms with Crippen molar-refractivity contribution in [1.29, 1.82) is 0 Å². The zero-order valence-corrected chi connectivity index (χ0v) is 12.1. The van der Waals surface area contributed by atoms with E-state index in [1.165, 1.54) is 6.07 Å². The number of nitrogens with one attached hydrogen (secondary N) is 1. The molecular formula is C13H19NO4S. The summed E-state index contributed by atoms with van der Waals surface area (Å²) in [6.07, 6.45) is -0.130. The van der Waals surface area contributed by atoms with E-state index in [1.807, 2.05) is 20.8 Å². The molecule has 1 aromatic carbocycles. The van der Waals surface area contributed by atoms with Gasteiger partial charge in [-0.05, 0) is 23.1 Å². The molecule has 0 atom stereocenters. The molecule has 0 saturated heterocycles. The molecule has 0 spiro atoms. The van der Waals surface area contributed by atoms with E-state index < -0.39 is 16.0 Å². The van der Waals surface area contributed by atoms with Crippen molar-refractivity contribution in [1.82, 2.24) is 0 Å². The van der Waals surface area contributed by atoms with E-state index in [0.717, 1.165) is 0 Å². The zero-order chi connectivity index (χ0) is 14.7. The molecule has 1 rings (SSSR count). The van der Waals surface area contributed by atoms with Gasteiger partial charge in [-0.1, -0.05) is 32.9 Å². The van der Waals surface area contributed by atoms with Gasteiger partial charge in [-0.25, -0.2) is 8.42 Å². The van der Waals surface area contributed by atoms with E-state index in [2.05, 4.69) is 4.72 Å². The van der Waals surface area contributed by atoms with Gasteiger partial charge in [-0.3, -0.25) is 9.52 Å². The second-order valence-corrected chi connectivity index (χ2v) is 7.41. The number of carboxylic acids is 1. The topological polar surface area (TPSA) is 83.5 Å². The van der Waals surface area contributed by atoms with Crippen molar-refractivity contribution in [2.45, 2.75) is 27.2 Å².